The number of carbonyl (C=O) groups is 2. The van der Waals surface area contributed by atoms with E-state index in [2.05, 4.69) is 15.1 Å². The number of hydrogen-bond acceptors (Lipinski definition) is 7. The fourth-order valence-corrected chi connectivity index (χ4v) is 4.08. The maximum absolute atomic E-state index is 12.6. The number of hydrogen-bond donors (Lipinski definition) is 3. The van der Waals surface area contributed by atoms with Crippen LogP contribution in [0.15, 0.2) is 0 Å². The molecule has 2 bridgehead atoms. The summed E-state index contributed by atoms with van der Waals surface area (Å²) in [5.41, 5.74) is 1.83. The average Bonchev–Trinajstić information content (AvgIpc) is 2.84. The highest BCUT2D eigenvalue weighted by Crippen LogP contribution is 2.42. The van der Waals surface area contributed by atoms with Gasteiger partial charge in [-0.2, -0.15) is 13.5 Å². The van der Waals surface area contributed by atoms with Crippen LogP contribution in [0.1, 0.15) is 33.1 Å². The maximum Gasteiger partial charge on any atom is 0.418 e. The van der Waals surface area contributed by atoms with E-state index in [0.29, 0.717) is 11.5 Å². The molecule has 3 saturated heterocycles. The molecular weight excluding hydrogens is 368 g/mol. The Balaban J connectivity index is 1.69. The first-order chi connectivity index (χ1) is 12.1. The van der Waals surface area contributed by atoms with Crippen LogP contribution in [0.5, 0.6) is 0 Å². The number of hydroxylamine groups is 3. The monoisotopic (exact) mass is 392 g/mol. The van der Waals surface area contributed by atoms with Gasteiger partial charge in [-0.1, -0.05) is 13.8 Å². The van der Waals surface area contributed by atoms with Crippen molar-refractivity contribution >= 4 is 22.3 Å². The van der Waals surface area contributed by atoms with E-state index in [4.69, 9.17) is 9.39 Å². The lowest BCUT2D eigenvalue weighted by molar-refractivity contribution is -0.146. The topological polar surface area (TPSA) is 138 Å². The van der Waals surface area contributed by atoms with Crippen molar-refractivity contribution in [3.8, 4) is 0 Å². The number of nitrogens with one attached hydrogen (secondary N) is 2. The Bertz CT molecular complexity index is 677. The van der Waals surface area contributed by atoms with Crippen molar-refractivity contribution in [2.75, 3.05) is 19.6 Å². The molecule has 3 aliphatic rings. The minimum atomic E-state index is -4.84. The number of carbonyl (C=O) groups excluding carboxylic acids is 2. The number of piperidine rings is 2. The summed E-state index contributed by atoms with van der Waals surface area (Å²) in [5, 5.41) is 3.83. The van der Waals surface area contributed by atoms with Crippen LogP contribution in [0.25, 0.3) is 0 Å². The Kier molecular flexibility index (Phi) is 5.14. The largest absolute Gasteiger partial charge is 0.418 e. The minimum Gasteiger partial charge on any atom is -0.317 e. The van der Waals surface area contributed by atoms with Gasteiger partial charge >= 0.3 is 16.4 Å². The fraction of sp³-hybridized carbons (Fsp3) is 0.857. The second-order valence-corrected chi connectivity index (χ2v) is 8.53. The van der Waals surface area contributed by atoms with Gasteiger partial charge in [0.15, 0.2) is 0 Å². The highest BCUT2D eigenvalue weighted by molar-refractivity contribution is 7.80. The van der Waals surface area contributed by atoms with Gasteiger partial charge in [0.25, 0.3) is 5.91 Å². The summed E-state index contributed by atoms with van der Waals surface area (Å²) >= 11 is 0. The minimum absolute atomic E-state index is 0.0850. The van der Waals surface area contributed by atoms with Crippen LogP contribution in [0.3, 0.4) is 0 Å². The van der Waals surface area contributed by atoms with E-state index in [1.54, 1.807) is 0 Å². The lowest BCUT2D eigenvalue weighted by atomic mass is 9.76. The predicted octanol–water partition coefficient (Wildman–Crippen LogP) is -0.575. The molecule has 3 N–H and O–H groups in total. The van der Waals surface area contributed by atoms with Crippen molar-refractivity contribution in [1.82, 2.24) is 20.8 Å². The van der Waals surface area contributed by atoms with Crippen molar-refractivity contribution in [3.05, 3.63) is 0 Å². The van der Waals surface area contributed by atoms with Crippen molar-refractivity contribution in [2.45, 2.75) is 51.3 Å². The van der Waals surface area contributed by atoms with Crippen LogP contribution in [-0.4, -0.2) is 72.7 Å². The van der Waals surface area contributed by atoms with Gasteiger partial charge in [-0.25, -0.2) is 10.3 Å². The van der Waals surface area contributed by atoms with E-state index in [-0.39, 0.29) is 12.6 Å². The molecule has 0 radical (unpaired) electrons. The summed E-state index contributed by atoms with van der Waals surface area (Å²) in [4.78, 5) is 31.8. The smallest absolute Gasteiger partial charge is 0.317 e. The van der Waals surface area contributed by atoms with Gasteiger partial charge in [-0.3, -0.25) is 14.2 Å². The first kappa shape index (κ1) is 19.3. The van der Waals surface area contributed by atoms with Gasteiger partial charge in [-0.05, 0) is 37.8 Å². The molecule has 0 unspecified atom stereocenters. The number of fused-ring (bicyclic) bond motifs is 2. The van der Waals surface area contributed by atoms with Crippen LogP contribution in [0, 0.1) is 5.41 Å². The molecule has 0 aromatic heterocycles. The first-order valence-corrected chi connectivity index (χ1v) is 9.88. The van der Waals surface area contributed by atoms with E-state index in [1.165, 1.54) is 4.90 Å². The Morgan fingerprint density at radius 2 is 2.00 bits per heavy atom. The standard InChI is InChI=1S/C14H24N4O7S/c1-14(2)7-10(12(19)16-24-9-3-5-15-6-4-9)17-8-11(14)18(13(17)20)25-26(21,22)23/h9-11,15H,3-8H2,1-2H3,(H,16,19)(H,21,22,23)/t10-,11-/m0/s1. The van der Waals surface area contributed by atoms with Crippen molar-refractivity contribution < 1.29 is 31.7 Å². The zero-order chi connectivity index (χ0) is 19.1. The molecule has 0 aromatic carbocycles. The second kappa shape index (κ2) is 6.93. The number of rotatable bonds is 5. The van der Waals surface area contributed by atoms with Gasteiger partial charge in [0.1, 0.15) is 6.04 Å². The number of urea groups is 1. The van der Waals surface area contributed by atoms with Crippen LogP contribution >= 0.6 is 0 Å². The lowest BCUT2D eigenvalue weighted by Gasteiger charge is -2.40. The Hall–Kier alpha value is -1.47. The lowest BCUT2D eigenvalue weighted by Crippen LogP contribution is -2.55. The molecule has 0 spiro atoms. The molecule has 0 saturated carbocycles. The number of nitrogens with zero attached hydrogens (tertiary/aromatic N) is 2. The van der Waals surface area contributed by atoms with E-state index in [0.717, 1.165) is 25.9 Å². The SMILES string of the molecule is CC1(C)C[C@@H](C(=O)NOC2CCNCC2)N2C[C@@H]1N(OS(=O)(=O)O)C2=O. The summed E-state index contributed by atoms with van der Waals surface area (Å²) in [6.07, 6.45) is 1.77. The average molecular weight is 392 g/mol. The Morgan fingerprint density at radius 3 is 2.62 bits per heavy atom. The highest BCUT2D eigenvalue weighted by Gasteiger charge is 2.57. The Labute approximate surface area is 151 Å². The third-order valence-electron chi connectivity index (χ3n) is 5.17. The zero-order valence-corrected chi connectivity index (χ0v) is 15.5. The van der Waals surface area contributed by atoms with Gasteiger partial charge in [0.2, 0.25) is 0 Å². The molecule has 3 rings (SSSR count). The Morgan fingerprint density at radius 1 is 1.35 bits per heavy atom. The fourth-order valence-electron chi connectivity index (χ4n) is 3.71. The molecule has 148 valence electrons. The summed E-state index contributed by atoms with van der Waals surface area (Å²) in [6, 6.07) is -2.20. The quantitative estimate of drug-likeness (QED) is 0.418. The summed E-state index contributed by atoms with van der Waals surface area (Å²) < 4.78 is 35.5. The van der Waals surface area contributed by atoms with Gasteiger partial charge in [0, 0.05) is 6.54 Å². The van der Waals surface area contributed by atoms with E-state index in [9.17, 15) is 18.0 Å². The van der Waals surface area contributed by atoms with Crippen molar-refractivity contribution in [2.24, 2.45) is 5.41 Å². The molecule has 3 amide bonds. The molecule has 11 nitrogen and oxygen atoms in total. The predicted molar refractivity (Wildman–Crippen MR) is 87.7 cm³/mol. The summed E-state index contributed by atoms with van der Waals surface area (Å²) in [7, 11) is -4.84. The summed E-state index contributed by atoms with van der Waals surface area (Å²) in [5.74, 6) is -0.461. The molecule has 3 heterocycles. The van der Waals surface area contributed by atoms with Gasteiger partial charge in [-0.15, -0.1) is 4.28 Å². The van der Waals surface area contributed by atoms with Crippen LogP contribution in [0.2, 0.25) is 0 Å². The van der Waals surface area contributed by atoms with Crippen molar-refractivity contribution in [1.29, 1.82) is 0 Å². The van der Waals surface area contributed by atoms with Gasteiger partial charge < -0.3 is 10.2 Å². The molecule has 26 heavy (non-hydrogen) atoms. The molecule has 3 fully saturated rings. The van der Waals surface area contributed by atoms with Crippen LogP contribution in [0.4, 0.5) is 4.79 Å². The molecular formula is C14H24N4O7S. The number of amides is 3. The van der Waals surface area contributed by atoms with Gasteiger partial charge in [0.05, 0.1) is 12.1 Å². The third-order valence-corrected chi connectivity index (χ3v) is 5.52. The van der Waals surface area contributed by atoms with E-state index < -0.39 is 39.8 Å². The maximum atomic E-state index is 12.6. The summed E-state index contributed by atoms with van der Waals surface area (Å²) in [6.45, 7) is 5.35. The van der Waals surface area contributed by atoms with Crippen LogP contribution < -0.4 is 10.8 Å². The third kappa shape index (κ3) is 3.93. The molecule has 0 aromatic rings. The molecule has 0 aliphatic carbocycles. The first-order valence-electron chi connectivity index (χ1n) is 8.51. The second-order valence-electron chi connectivity index (χ2n) is 7.52. The van der Waals surface area contributed by atoms with Crippen LogP contribution in [-0.2, 0) is 24.3 Å². The normalized spacial score (nSPS) is 29.1. The van der Waals surface area contributed by atoms with E-state index in [1.807, 2.05) is 13.8 Å². The van der Waals surface area contributed by atoms with E-state index >= 15 is 0 Å². The molecule has 2 atom stereocenters. The molecule has 12 heteroatoms. The zero-order valence-electron chi connectivity index (χ0n) is 14.7. The highest BCUT2D eigenvalue weighted by atomic mass is 32.3. The molecule has 3 aliphatic heterocycles. The van der Waals surface area contributed by atoms with Crippen molar-refractivity contribution in [3.63, 3.8) is 0 Å².